The Morgan fingerprint density at radius 3 is 2.75 bits per heavy atom. The first-order chi connectivity index (χ1) is 3.91. The highest BCUT2D eigenvalue weighted by Crippen LogP contribution is 1.75. The molecule has 0 saturated heterocycles. The van der Waals surface area contributed by atoms with Gasteiger partial charge < -0.3 is 4.74 Å². The molecule has 0 aliphatic rings. The highest BCUT2D eigenvalue weighted by atomic mass is 16.5. The van der Waals surface area contributed by atoms with Gasteiger partial charge in [0.05, 0.1) is 0 Å². The van der Waals surface area contributed by atoms with E-state index in [1.165, 1.54) is 0 Å². The molecule has 0 amide bonds. The van der Waals surface area contributed by atoms with Crippen LogP contribution >= 0.6 is 0 Å². The number of rotatable bonds is 5. The maximum absolute atomic E-state index is 9.56. The smallest absolute Gasteiger partial charge is 0.212 e. The SMILES string of the molecule is CCCOCC[NH+]=O. The van der Waals surface area contributed by atoms with Crippen LogP contribution in [0.4, 0.5) is 0 Å². The minimum absolute atomic E-state index is 0.403. The van der Waals surface area contributed by atoms with Gasteiger partial charge in [0.2, 0.25) is 6.54 Å². The number of ether oxygens (including phenoxy) is 1. The Morgan fingerprint density at radius 1 is 1.50 bits per heavy atom. The topological polar surface area (TPSA) is 40.3 Å². The van der Waals surface area contributed by atoms with Gasteiger partial charge in [-0.15, -0.1) is 0 Å². The number of hydrogen-bond acceptors (Lipinski definition) is 2. The third-order valence-corrected chi connectivity index (χ3v) is 0.697. The van der Waals surface area contributed by atoms with Crippen molar-refractivity contribution >= 4 is 0 Å². The fourth-order valence-electron chi connectivity index (χ4n) is 0.360. The predicted molar refractivity (Wildman–Crippen MR) is 30.3 cm³/mol. The number of nitroso groups, excluding NO2 is 1. The van der Waals surface area contributed by atoms with Crippen molar-refractivity contribution in [3.8, 4) is 0 Å². The maximum Gasteiger partial charge on any atom is 0.212 e. The predicted octanol–water partition coefficient (Wildman–Crippen LogP) is -0.740. The van der Waals surface area contributed by atoms with Crippen molar-refractivity contribution in [1.29, 1.82) is 0 Å². The zero-order valence-electron chi connectivity index (χ0n) is 5.14. The van der Waals surface area contributed by atoms with Crippen LogP contribution in [-0.4, -0.2) is 19.8 Å². The monoisotopic (exact) mass is 118 g/mol. The molecule has 0 spiro atoms. The lowest BCUT2D eigenvalue weighted by Crippen LogP contribution is -2.65. The summed E-state index contributed by atoms with van der Waals surface area (Å²) >= 11 is 0. The van der Waals surface area contributed by atoms with Crippen LogP contribution in [0.25, 0.3) is 0 Å². The number of hydrogen-bond donors (Lipinski definition) is 1. The average Bonchev–Trinajstić information content (AvgIpc) is 1.81. The molecular weight excluding hydrogens is 106 g/mol. The van der Waals surface area contributed by atoms with E-state index in [1.807, 2.05) is 6.92 Å². The van der Waals surface area contributed by atoms with E-state index in [-0.39, 0.29) is 0 Å². The fraction of sp³-hybridized carbons (Fsp3) is 1.00. The molecule has 0 atom stereocenters. The van der Waals surface area contributed by atoms with Crippen LogP contribution in [0.5, 0.6) is 0 Å². The van der Waals surface area contributed by atoms with E-state index in [4.69, 9.17) is 4.74 Å². The van der Waals surface area contributed by atoms with Crippen LogP contribution in [0.3, 0.4) is 0 Å². The van der Waals surface area contributed by atoms with E-state index in [0.717, 1.165) is 13.0 Å². The second kappa shape index (κ2) is 6.56. The van der Waals surface area contributed by atoms with Gasteiger partial charge in [0.25, 0.3) is 0 Å². The second-order valence-corrected chi connectivity index (χ2v) is 1.51. The van der Waals surface area contributed by atoms with E-state index in [0.29, 0.717) is 13.2 Å². The Morgan fingerprint density at radius 2 is 2.25 bits per heavy atom. The molecule has 0 aromatic carbocycles. The largest absolute Gasteiger partial charge is 0.375 e. The Labute approximate surface area is 49.0 Å². The Kier molecular flexibility index (Phi) is 6.20. The summed E-state index contributed by atoms with van der Waals surface area (Å²) in [5.74, 6) is 0. The lowest BCUT2D eigenvalue weighted by Gasteiger charge is -1.92. The summed E-state index contributed by atoms with van der Waals surface area (Å²) in [5, 5.41) is 1.75. The standard InChI is InChI=1S/C5H11NO2/c1-2-4-8-5-3-6-7/h2-5H2,1H3/p+1. The zero-order chi connectivity index (χ0) is 6.24. The molecule has 0 unspecified atom stereocenters. The van der Waals surface area contributed by atoms with Gasteiger partial charge in [0.1, 0.15) is 6.61 Å². The number of nitrogens with one attached hydrogen (secondary N) is 1. The van der Waals surface area contributed by atoms with Crippen molar-refractivity contribution in [3.63, 3.8) is 0 Å². The Hall–Kier alpha value is -0.440. The van der Waals surface area contributed by atoms with E-state index in [1.54, 1.807) is 5.18 Å². The van der Waals surface area contributed by atoms with Crippen molar-refractivity contribution in [2.45, 2.75) is 13.3 Å². The summed E-state index contributed by atoms with van der Waals surface area (Å²) in [7, 11) is 0. The van der Waals surface area contributed by atoms with Crippen LogP contribution in [0.2, 0.25) is 0 Å². The molecule has 0 aromatic heterocycles. The molecule has 0 aromatic rings. The lowest BCUT2D eigenvalue weighted by atomic mass is 10.5. The van der Waals surface area contributed by atoms with Gasteiger partial charge in [-0.2, -0.15) is 0 Å². The summed E-state index contributed by atoms with van der Waals surface area (Å²) in [6.45, 7) is 3.71. The first-order valence-corrected chi connectivity index (χ1v) is 2.84. The van der Waals surface area contributed by atoms with Crippen molar-refractivity contribution in [1.82, 2.24) is 0 Å². The van der Waals surface area contributed by atoms with Crippen LogP contribution < -0.4 is 5.18 Å². The maximum atomic E-state index is 9.56. The Bertz CT molecular complexity index is 56.4. The quantitative estimate of drug-likeness (QED) is 0.483. The summed E-state index contributed by atoms with van der Waals surface area (Å²) < 4.78 is 4.96. The second-order valence-electron chi connectivity index (χ2n) is 1.51. The molecule has 0 rings (SSSR count). The Balaban J connectivity index is 2.62. The molecular formula is C5H12NO2+. The van der Waals surface area contributed by atoms with Crippen molar-refractivity contribution < 1.29 is 9.91 Å². The van der Waals surface area contributed by atoms with E-state index < -0.39 is 0 Å². The molecule has 0 bridgehead atoms. The van der Waals surface area contributed by atoms with Gasteiger partial charge in [-0.25, -0.2) is 0 Å². The molecule has 0 fully saturated rings. The van der Waals surface area contributed by atoms with Crippen LogP contribution in [-0.2, 0) is 4.74 Å². The van der Waals surface area contributed by atoms with E-state index in [9.17, 15) is 4.91 Å². The molecule has 0 aliphatic heterocycles. The van der Waals surface area contributed by atoms with E-state index in [2.05, 4.69) is 0 Å². The van der Waals surface area contributed by atoms with Gasteiger partial charge in [0, 0.05) is 11.5 Å². The summed E-state index contributed by atoms with van der Waals surface area (Å²) in [6, 6.07) is 0. The van der Waals surface area contributed by atoms with Gasteiger partial charge >= 0.3 is 0 Å². The molecule has 3 nitrogen and oxygen atoms in total. The molecule has 48 valence electrons. The average molecular weight is 118 g/mol. The normalized spacial score (nSPS) is 9.12. The lowest BCUT2D eigenvalue weighted by molar-refractivity contribution is -0.484. The van der Waals surface area contributed by atoms with Crippen molar-refractivity contribution in [2.75, 3.05) is 19.8 Å². The molecule has 1 N–H and O–H groups in total. The first kappa shape index (κ1) is 7.56. The molecule has 3 heteroatoms. The van der Waals surface area contributed by atoms with Crippen molar-refractivity contribution in [2.24, 2.45) is 0 Å². The highest BCUT2D eigenvalue weighted by Gasteiger charge is 1.86. The molecule has 0 saturated carbocycles. The summed E-state index contributed by atoms with van der Waals surface area (Å²) in [6.07, 6.45) is 1.01. The molecule has 0 heterocycles. The van der Waals surface area contributed by atoms with Crippen molar-refractivity contribution in [3.05, 3.63) is 4.91 Å². The third-order valence-electron chi connectivity index (χ3n) is 0.697. The van der Waals surface area contributed by atoms with Gasteiger partial charge in [-0.05, 0) is 11.6 Å². The summed E-state index contributed by atoms with van der Waals surface area (Å²) in [4.78, 5) is 9.56. The van der Waals surface area contributed by atoms with Gasteiger partial charge in [0.15, 0.2) is 0 Å². The fourth-order valence-corrected chi connectivity index (χ4v) is 0.360. The third kappa shape index (κ3) is 5.56. The van der Waals surface area contributed by atoms with Crippen LogP contribution in [0.15, 0.2) is 0 Å². The molecule has 8 heavy (non-hydrogen) atoms. The summed E-state index contributed by atoms with van der Waals surface area (Å²) in [5.41, 5.74) is 0. The minimum Gasteiger partial charge on any atom is -0.375 e. The first-order valence-electron chi connectivity index (χ1n) is 2.84. The zero-order valence-corrected chi connectivity index (χ0v) is 5.14. The highest BCUT2D eigenvalue weighted by molar-refractivity contribution is 4.24. The molecule has 0 radical (unpaired) electrons. The minimum atomic E-state index is 0.403. The van der Waals surface area contributed by atoms with Gasteiger partial charge in [-0.1, -0.05) is 6.92 Å². The van der Waals surface area contributed by atoms with Crippen LogP contribution in [0.1, 0.15) is 13.3 Å². The van der Waals surface area contributed by atoms with Gasteiger partial charge in [-0.3, -0.25) is 0 Å². The van der Waals surface area contributed by atoms with E-state index >= 15 is 0 Å². The van der Waals surface area contributed by atoms with Crippen LogP contribution in [0, 0.1) is 4.91 Å². The molecule has 0 aliphatic carbocycles.